The smallest absolute Gasteiger partial charge is 0.164 e. The molecule has 0 aliphatic rings. The van der Waals surface area contributed by atoms with Crippen molar-refractivity contribution in [1.82, 2.24) is 58.1 Å². The van der Waals surface area contributed by atoms with Crippen LogP contribution in [-0.4, -0.2) is 58.1 Å². The Bertz CT molecular complexity index is 9810. The third-order valence-corrected chi connectivity index (χ3v) is 29.1. The van der Waals surface area contributed by atoms with E-state index in [9.17, 15) is 0 Å². The summed E-state index contributed by atoms with van der Waals surface area (Å²) in [6.45, 7) is 0. The molecule has 0 spiro atoms. The Morgan fingerprint density at radius 2 is 0.472 bits per heavy atom. The van der Waals surface area contributed by atoms with Gasteiger partial charge in [0.05, 0.1) is 55.3 Å². The number of hydrogen-bond acceptors (Lipinski definition) is 10. The lowest BCUT2D eigenvalue weighted by atomic mass is 10.0. The summed E-state index contributed by atoms with van der Waals surface area (Å²) < 4.78 is 18.6. The van der Waals surface area contributed by atoms with Gasteiger partial charge in [0.25, 0.3) is 0 Å². The molecule has 14 heteroatoms. The molecule has 9 heterocycles. The third kappa shape index (κ3) is 14.2. The summed E-state index contributed by atoms with van der Waals surface area (Å²) in [6, 6.07) is 170. The van der Waals surface area contributed by atoms with Crippen LogP contribution in [-0.2, 0) is 0 Å². The normalized spacial score (nSPS) is 11.8. The van der Waals surface area contributed by atoms with E-state index in [0.717, 1.165) is 123 Å². The van der Waals surface area contributed by atoms with E-state index >= 15 is 0 Å². The third-order valence-electron chi connectivity index (χ3n) is 28.0. The summed E-state index contributed by atoms with van der Waals surface area (Å²) >= 11 is 1.87. The van der Waals surface area contributed by atoms with E-state index < -0.39 is 0 Å². The number of furan rings is 1. The van der Waals surface area contributed by atoms with Crippen LogP contribution >= 0.6 is 11.3 Å². The fourth-order valence-corrected chi connectivity index (χ4v) is 22.5. The van der Waals surface area contributed by atoms with E-state index in [-0.39, 0.29) is 0 Å². The van der Waals surface area contributed by atoms with E-state index in [2.05, 4.69) is 364 Å². The van der Waals surface area contributed by atoms with E-state index in [4.69, 9.17) is 44.3 Å². The molecule has 0 saturated carbocycles. The van der Waals surface area contributed by atoms with Gasteiger partial charge in [-0.2, -0.15) is 0 Å². The Labute approximate surface area is 828 Å². The van der Waals surface area contributed by atoms with Crippen molar-refractivity contribution in [3.05, 3.63) is 485 Å². The first-order chi connectivity index (χ1) is 71.4. The maximum atomic E-state index is 6.49. The van der Waals surface area contributed by atoms with E-state index in [1.807, 2.05) is 151 Å². The number of para-hydroxylation sites is 6. The zero-order valence-electron chi connectivity index (χ0n) is 77.4. The number of fused-ring (bicyclic) bond motifs is 23. The van der Waals surface area contributed by atoms with Gasteiger partial charge in [-0.05, 0) is 179 Å². The summed E-state index contributed by atoms with van der Waals surface area (Å²) in [6.07, 6.45) is 0. The van der Waals surface area contributed by atoms with E-state index in [1.54, 1.807) is 0 Å². The van der Waals surface area contributed by atoms with Crippen LogP contribution in [0.1, 0.15) is 0 Å². The molecule has 0 amide bonds. The van der Waals surface area contributed by atoms with Crippen molar-refractivity contribution in [2.75, 3.05) is 0 Å². The molecule has 13 nitrogen and oxygen atoms in total. The largest absolute Gasteiger partial charge is 0.456 e. The fourth-order valence-electron chi connectivity index (χ4n) is 21.3. The average molecular weight is 1860 g/mol. The van der Waals surface area contributed by atoms with Crippen LogP contribution in [0.5, 0.6) is 0 Å². The highest BCUT2D eigenvalue weighted by atomic mass is 32.1. The van der Waals surface area contributed by atoms with E-state index in [1.165, 1.54) is 118 Å². The molecule has 30 aromatic rings. The van der Waals surface area contributed by atoms with Gasteiger partial charge in [-0.1, -0.05) is 322 Å². The Morgan fingerprint density at radius 3 is 0.896 bits per heavy atom. The number of benzene rings is 21. The second-order valence-corrected chi connectivity index (χ2v) is 37.5. The topological polar surface area (TPSA) is 136 Å². The highest BCUT2D eigenvalue weighted by molar-refractivity contribution is 7.26. The molecule has 0 N–H and O–H groups in total. The second kappa shape index (κ2) is 34.4. The maximum absolute atomic E-state index is 6.49. The highest BCUT2D eigenvalue weighted by Crippen LogP contribution is 2.48. The Kier molecular flexibility index (Phi) is 19.8. The minimum atomic E-state index is 0.632. The van der Waals surface area contributed by atoms with E-state index in [0.29, 0.717) is 34.9 Å². The predicted octanol–water partition coefficient (Wildman–Crippen LogP) is 33.7. The number of hydrogen-bond donors (Lipinski definition) is 0. The monoisotopic (exact) mass is 1860 g/mol. The molecule has 0 aliphatic carbocycles. The number of aromatic nitrogens is 12. The minimum absolute atomic E-state index is 0.632. The zero-order valence-corrected chi connectivity index (χ0v) is 78.2. The Hall–Kier alpha value is -19.3. The first-order valence-corrected chi connectivity index (χ1v) is 49.1. The SMILES string of the molecule is c1ccc(-c2nc(-c3ccc(-n4c5ccccc5c5cc6c7ccccc7n(-c7ccccc7)c6cc54)cc3)nc3ccccc23)cc1.c1ccc(-c2nc(-c3ccccc3)nc(-c3ccc(-n4c5ccccc5c5cc6c(cc54)oc4ccc5ccccc5c46)cc3)n2)cc1.c1ccc(-c2nc(-c3ccccc3)nc(-c3ccc(-n4c5ccccc5c5cc6c(cc54)sc4ccc5ccccc5c46)cc3)n2)cc1. The van der Waals surface area contributed by atoms with Gasteiger partial charge in [-0.3, -0.25) is 0 Å². The average Bonchev–Trinajstić information content (AvgIpc) is 1.57. The van der Waals surface area contributed by atoms with Crippen molar-refractivity contribution in [3.8, 4) is 114 Å². The molecule has 0 radical (unpaired) electrons. The summed E-state index contributed by atoms with van der Waals surface area (Å²) in [5.41, 5.74) is 25.1. The molecular weight excluding hydrogens is 1780 g/mol. The van der Waals surface area contributed by atoms with Crippen molar-refractivity contribution >= 4 is 173 Å². The van der Waals surface area contributed by atoms with Crippen molar-refractivity contribution in [1.29, 1.82) is 0 Å². The first-order valence-electron chi connectivity index (χ1n) is 48.3. The van der Waals surface area contributed by atoms with Crippen LogP contribution in [0.2, 0.25) is 0 Å². The summed E-state index contributed by atoms with van der Waals surface area (Å²) in [7, 11) is 0. The molecule has 0 saturated heterocycles. The molecule has 0 unspecified atom stereocenters. The molecule has 144 heavy (non-hydrogen) atoms. The van der Waals surface area contributed by atoms with Crippen molar-refractivity contribution < 1.29 is 4.42 Å². The highest BCUT2D eigenvalue weighted by Gasteiger charge is 2.26. The number of rotatable bonds is 12. The summed E-state index contributed by atoms with van der Waals surface area (Å²) in [4.78, 5) is 39.5. The summed E-state index contributed by atoms with van der Waals surface area (Å²) in [5.74, 6) is 4.61. The van der Waals surface area contributed by atoms with Crippen LogP contribution in [0.15, 0.2) is 490 Å². The second-order valence-electron chi connectivity index (χ2n) is 36.4. The van der Waals surface area contributed by atoms with Gasteiger partial charge < -0.3 is 22.7 Å². The van der Waals surface area contributed by atoms with Crippen LogP contribution in [0.25, 0.3) is 276 Å². The molecule has 21 aromatic carbocycles. The first kappa shape index (κ1) is 82.9. The molecule has 672 valence electrons. The molecule has 30 rings (SSSR count). The predicted molar refractivity (Wildman–Crippen MR) is 595 cm³/mol. The fraction of sp³-hybridized carbons (Fsp3) is 0. The van der Waals surface area contributed by atoms with Crippen LogP contribution in [0.4, 0.5) is 0 Å². The molecular formula is C130H80N12OS. The lowest BCUT2D eigenvalue weighted by Crippen LogP contribution is -2.00. The Morgan fingerprint density at radius 1 is 0.167 bits per heavy atom. The Balaban J connectivity index is 0.000000105. The van der Waals surface area contributed by atoms with Crippen molar-refractivity contribution in [2.45, 2.75) is 0 Å². The van der Waals surface area contributed by atoms with Gasteiger partial charge in [0, 0.05) is 153 Å². The van der Waals surface area contributed by atoms with Crippen molar-refractivity contribution in [3.63, 3.8) is 0 Å². The van der Waals surface area contributed by atoms with Crippen LogP contribution in [0.3, 0.4) is 0 Å². The molecule has 0 aliphatic heterocycles. The maximum Gasteiger partial charge on any atom is 0.164 e. The standard InChI is InChI=1S/C44H28N4.C43H26N4O.C43H26N4S/c1-3-13-29(14-4-1)43-35-19-7-10-20-38(35)45-44(46-43)30-23-25-32(26-24-30)48-40-22-12-9-18-34(40)37-27-36-33-17-8-11-21-39(33)47(41(36)28-42(37)48)31-15-5-2-6-16-31;2*1-3-12-28(13-4-1)41-44-42(29-14-5-2-6-15-29)46-43(45-41)30-19-22-31(23-20-30)47-36-18-10-9-17-33(36)34-25-35-39(26-37(34)47)48-38-24-21-27-11-7-8-16-32(27)40(35)38/h1-28H;2*1-26H. The van der Waals surface area contributed by atoms with Gasteiger partial charge in [0.2, 0.25) is 0 Å². The quantitative estimate of drug-likeness (QED) is 0.117. The van der Waals surface area contributed by atoms with Crippen molar-refractivity contribution in [2.24, 2.45) is 0 Å². The van der Waals surface area contributed by atoms with Gasteiger partial charge >= 0.3 is 0 Å². The molecule has 0 fully saturated rings. The molecule has 9 aromatic heterocycles. The zero-order chi connectivity index (χ0) is 94.8. The molecule has 0 atom stereocenters. The van der Waals surface area contributed by atoms with Crippen LogP contribution in [0, 0.1) is 0 Å². The van der Waals surface area contributed by atoms with Gasteiger partial charge in [0.1, 0.15) is 11.2 Å². The van der Waals surface area contributed by atoms with Gasteiger partial charge in [0.15, 0.2) is 40.8 Å². The van der Waals surface area contributed by atoms with Gasteiger partial charge in [-0.25, -0.2) is 39.9 Å². The minimum Gasteiger partial charge on any atom is -0.456 e. The lowest BCUT2D eigenvalue weighted by Gasteiger charge is -2.12. The van der Waals surface area contributed by atoms with Gasteiger partial charge in [-0.15, -0.1) is 11.3 Å². The number of thiophene rings is 1. The summed E-state index contributed by atoms with van der Waals surface area (Å²) in [5, 5.41) is 20.9. The van der Waals surface area contributed by atoms with Crippen LogP contribution < -0.4 is 0 Å². The number of nitrogens with zero attached hydrogens (tertiary/aromatic N) is 12. The molecule has 0 bridgehead atoms. The lowest BCUT2D eigenvalue weighted by molar-refractivity contribution is 0.669.